The van der Waals surface area contributed by atoms with Crippen LogP contribution in [0.1, 0.15) is 16.1 Å². The number of nitrogens with zero attached hydrogens (tertiary/aromatic N) is 1. The van der Waals surface area contributed by atoms with Gasteiger partial charge in [0.15, 0.2) is 5.69 Å². The van der Waals surface area contributed by atoms with Gasteiger partial charge in [-0.25, -0.2) is 9.78 Å². The van der Waals surface area contributed by atoms with E-state index in [1.54, 1.807) is 0 Å². The summed E-state index contributed by atoms with van der Waals surface area (Å²) in [6.07, 6.45) is 0. The highest BCUT2D eigenvalue weighted by molar-refractivity contribution is 5.94. The quantitative estimate of drug-likeness (QED) is 0.766. The summed E-state index contributed by atoms with van der Waals surface area (Å²) in [5.74, 6) is -0.439. The van der Waals surface area contributed by atoms with Crippen LogP contribution in [0.3, 0.4) is 0 Å². The minimum atomic E-state index is -1.01. The number of aromatic nitrogens is 2. The molecule has 1 heterocycles. The Morgan fingerprint density at radius 2 is 1.71 bits per heavy atom. The zero-order valence-corrected chi connectivity index (χ0v) is 11.5. The number of hydrogen-bond acceptors (Lipinski definition) is 2. The number of aromatic carboxylic acids is 1. The lowest BCUT2D eigenvalue weighted by Crippen LogP contribution is -1.99. The van der Waals surface area contributed by atoms with Crippen LogP contribution in [0.25, 0.3) is 22.6 Å². The van der Waals surface area contributed by atoms with Crippen LogP contribution in [0, 0.1) is 6.92 Å². The van der Waals surface area contributed by atoms with Crippen LogP contribution in [0.5, 0.6) is 0 Å². The summed E-state index contributed by atoms with van der Waals surface area (Å²) >= 11 is 0. The zero-order chi connectivity index (χ0) is 14.8. The van der Waals surface area contributed by atoms with E-state index in [2.05, 4.69) is 9.97 Å². The van der Waals surface area contributed by atoms with Crippen molar-refractivity contribution in [3.8, 4) is 22.6 Å². The molecule has 0 aliphatic heterocycles. The maximum absolute atomic E-state index is 11.5. The van der Waals surface area contributed by atoms with Gasteiger partial charge in [-0.3, -0.25) is 0 Å². The number of H-pyrrole nitrogens is 1. The molecule has 21 heavy (non-hydrogen) atoms. The second kappa shape index (κ2) is 5.25. The van der Waals surface area contributed by atoms with E-state index < -0.39 is 5.97 Å². The number of hydrogen-bond donors (Lipinski definition) is 2. The molecule has 0 spiro atoms. The molecule has 0 saturated carbocycles. The van der Waals surface area contributed by atoms with E-state index in [0.717, 1.165) is 16.7 Å². The summed E-state index contributed by atoms with van der Waals surface area (Å²) in [4.78, 5) is 18.9. The fraction of sp³-hybridized carbons (Fsp3) is 0.0588. The Balaban J connectivity index is 2.18. The third kappa shape index (κ3) is 2.43. The Labute approximate surface area is 122 Å². The molecule has 4 nitrogen and oxygen atoms in total. The predicted molar refractivity (Wildman–Crippen MR) is 81.2 cm³/mol. The molecule has 1 aromatic heterocycles. The van der Waals surface area contributed by atoms with Crippen molar-refractivity contribution in [2.75, 3.05) is 0 Å². The van der Waals surface area contributed by atoms with Gasteiger partial charge in [0.05, 0.1) is 0 Å². The van der Waals surface area contributed by atoms with Crippen LogP contribution in [0.4, 0.5) is 0 Å². The Bertz CT molecular complexity index is 792. The zero-order valence-electron chi connectivity index (χ0n) is 11.5. The molecule has 0 radical (unpaired) electrons. The number of carboxylic acids is 1. The molecule has 0 saturated heterocycles. The molecule has 0 unspecified atom stereocenters. The SMILES string of the molecule is Cc1ccccc1-c1nc(-c2ccccc2)c(C(=O)O)[nH]1. The molecule has 104 valence electrons. The third-order valence-corrected chi connectivity index (χ3v) is 3.37. The highest BCUT2D eigenvalue weighted by atomic mass is 16.4. The van der Waals surface area contributed by atoms with E-state index in [1.165, 1.54) is 0 Å². The van der Waals surface area contributed by atoms with Crippen LogP contribution < -0.4 is 0 Å². The lowest BCUT2D eigenvalue weighted by atomic mass is 10.1. The number of carbonyl (C=O) groups is 1. The second-order valence-electron chi connectivity index (χ2n) is 4.80. The van der Waals surface area contributed by atoms with Crippen LogP contribution in [0.2, 0.25) is 0 Å². The summed E-state index contributed by atoms with van der Waals surface area (Å²) in [7, 11) is 0. The van der Waals surface area contributed by atoms with Crippen molar-refractivity contribution < 1.29 is 9.90 Å². The van der Waals surface area contributed by atoms with Crippen molar-refractivity contribution in [3.63, 3.8) is 0 Å². The van der Waals surface area contributed by atoms with Gasteiger partial charge in [-0.05, 0) is 12.5 Å². The largest absolute Gasteiger partial charge is 0.477 e. The molecule has 0 fully saturated rings. The molecule has 3 aromatic rings. The van der Waals surface area contributed by atoms with Crippen LogP contribution in [0.15, 0.2) is 54.6 Å². The lowest BCUT2D eigenvalue weighted by Gasteiger charge is -2.00. The van der Waals surface area contributed by atoms with Crippen LogP contribution in [-0.2, 0) is 0 Å². The molecule has 0 aliphatic carbocycles. The van der Waals surface area contributed by atoms with E-state index in [4.69, 9.17) is 0 Å². The average molecular weight is 278 g/mol. The maximum atomic E-state index is 11.5. The highest BCUT2D eigenvalue weighted by Crippen LogP contribution is 2.27. The Morgan fingerprint density at radius 3 is 2.38 bits per heavy atom. The Kier molecular flexibility index (Phi) is 3.28. The first kappa shape index (κ1) is 13.1. The number of imidazole rings is 1. The number of nitrogens with one attached hydrogen (secondary N) is 1. The van der Waals surface area contributed by atoms with E-state index in [0.29, 0.717) is 11.5 Å². The van der Waals surface area contributed by atoms with Gasteiger partial charge < -0.3 is 10.1 Å². The van der Waals surface area contributed by atoms with Crippen molar-refractivity contribution in [2.45, 2.75) is 6.92 Å². The topological polar surface area (TPSA) is 66.0 Å². The van der Waals surface area contributed by atoms with Crippen molar-refractivity contribution in [3.05, 3.63) is 65.9 Å². The number of benzene rings is 2. The van der Waals surface area contributed by atoms with Gasteiger partial charge >= 0.3 is 5.97 Å². The van der Waals surface area contributed by atoms with E-state index in [9.17, 15) is 9.90 Å². The van der Waals surface area contributed by atoms with Crippen molar-refractivity contribution in [1.29, 1.82) is 0 Å². The van der Waals surface area contributed by atoms with Gasteiger partial charge in [0.2, 0.25) is 0 Å². The van der Waals surface area contributed by atoms with E-state index >= 15 is 0 Å². The van der Waals surface area contributed by atoms with Gasteiger partial charge in [-0.2, -0.15) is 0 Å². The molecule has 2 aromatic carbocycles. The van der Waals surface area contributed by atoms with E-state index in [-0.39, 0.29) is 5.69 Å². The van der Waals surface area contributed by atoms with Gasteiger partial charge in [0.1, 0.15) is 11.5 Å². The first-order valence-corrected chi connectivity index (χ1v) is 6.61. The molecule has 0 aliphatic rings. The Hall–Kier alpha value is -2.88. The van der Waals surface area contributed by atoms with Gasteiger partial charge in [-0.1, -0.05) is 54.6 Å². The lowest BCUT2D eigenvalue weighted by molar-refractivity contribution is 0.0692. The fourth-order valence-electron chi connectivity index (χ4n) is 2.30. The molecule has 0 atom stereocenters. The summed E-state index contributed by atoms with van der Waals surface area (Å²) < 4.78 is 0. The fourth-order valence-corrected chi connectivity index (χ4v) is 2.30. The molecular weight excluding hydrogens is 264 g/mol. The summed E-state index contributed by atoms with van der Waals surface area (Å²) in [5, 5.41) is 9.39. The molecule has 4 heteroatoms. The normalized spacial score (nSPS) is 10.5. The standard InChI is InChI=1S/C17H14N2O2/c1-11-7-5-6-10-13(11)16-18-14(15(19-16)17(20)21)12-8-3-2-4-9-12/h2-10H,1H3,(H,18,19)(H,20,21). The van der Waals surface area contributed by atoms with Crippen LogP contribution >= 0.6 is 0 Å². The summed E-state index contributed by atoms with van der Waals surface area (Å²) in [6.45, 7) is 1.97. The minimum absolute atomic E-state index is 0.111. The first-order chi connectivity index (χ1) is 10.2. The summed E-state index contributed by atoms with van der Waals surface area (Å²) in [6, 6.07) is 17.1. The molecular formula is C17H14N2O2. The average Bonchev–Trinajstić information content (AvgIpc) is 2.94. The second-order valence-corrected chi connectivity index (χ2v) is 4.80. The molecule has 0 bridgehead atoms. The maximum Gasteiger partial charge on any atom is 0.354 e. The van der Waals surface area contributed by atoms with Crippen molar-refractivity contribution >= 4 is 5.97 Å². The first-order valence-electron chi connectivity index (χ1n) is 6.61. The van der Waals surface area contributed by atoms with E-state index in [1.807, 2.05) is 61.5 Å². The van der Waals surface area contributed by atoms with Crippen molar-refractivity contribution in [1.82, 2.24) is 9.97 Å². The van der Waals surface area contributed by atoms with Crippen LogP contribution in [-0.4, -0.2) is 21.0 Å². The minimum Gasteiger partial charge on any atom is -0.477 e. The number of rotatable bonds is 3. The molecule has 3 rings (SSSR count). The van der Waals surface area contributed by atoms with Gasteiger partial charge in [0, 0.05) is 11.1 Å². The number of aromatic amines is 1. The predicted octanol–water partition coefficient (Wildman–Crippen LogP) is 3.75. The third-order valence-electron chi connectivity index (χ3n) is 3.37. The Morgan fingerprint density at radius 1 is 1.05 bits per heavy atom. The molecule has 0 amide bonds. The molecule has 2 N–H and O–H groups in total. The number of aryl methyl sites for hydroxylation is 1. The van der Waals surface area contributed by atoms with Gasteiger partial charge in [0.25, 0.3) is 0 Å². The van der Waals surface area contributed by atoms with Gasteiger partial charge in [-0.15, -0.1) is 0 Å². The smallest absolute Gasteiger partial charge is 0.354 e. The number of carboxylic acid groups (broad SMARTS) is 1. The summed E-state index contributed by atoms with van der Waals surface area (Å²) in [5.41, 5.74) is 3.30. The highest BCUT2D eigenvalue weighted by Gasteiger charge is 2.19. The van der Waals surface area contributed by atoms with Crippen molar-refractivity contribution in [2.24, 2.45) is 0 Å². The monoisotopic (exact) mass is 278 g/mol.